The molecule has 0 aromatic carbocycles. The molecule has 0 saturated carbocycles. The largest absolute Gasteiger partial charge is 0.427 e. The molecule has 0 bridgehead atoms. The van der Waals surface area contributed by atoms with E-state index in [9.17, 15) is 5.11 Å². The number of aliphatic hydroxyl groups is 1. The van der Waals surface area contributed by atoms with Crippen molar-refractivity contribution in [2.45, 2.75) is 45.3 Å². The van der Waals surface area contributed by atoms with Gasteiger partial charge in [0.15, 0.2) is 0 Å². The van der Waals surface area contributed by atoms with Crippen molar-refractivity contribution >= 4 is 7.48 Å². The summed E-state index contributed by atoms with van der Waals surface area (Å²) in [5.41, 5.74) is -0.319. The quantitative estimate of drug-likeness (QED) is 0.715. The van der Waals surface area contributed by atoms with Crippen LogP contribution in [0.2, 0.25) is 0 Å². The molecule has 0 fully saturated rings. The minimum atomic E-state index is -0.866. The topological polar surface area (TPSA) is 38.7 Å². The normalized spacial score (nSPS) is 18.6. The second-order valence-corrected chi connectivity index (χ2v) is 4.91. The van der Waals surface area contributed by atoms with E-state index in [1.165, 1.54) is 0 Å². The van der Waals surface area contributed by atoms with Crippen molar-refractivity contribution in [2.75, 3.05) is 13.2 Å². The van der Waals surface area contributed by atoms with Crippen LogP contribution in [-0.4, -0.2) is 37.0 Å². The summed E-state index contributed by atoms with van der Waals surface area (Å²) in [5.74, 6) is 0. The molecule has 0 unspecified atom stereocenters. The Morgan fingerprint density at radius 3 is 2.53 bits per heavy atom. The number of hydrogen-bond donors (Lipinski definition) is 1. The van der Waals surface area contributed by atoms with Gasteiger partial charge in [0.05, 0.1) is 17.8 Å². The molecule has 1 rings (SSSR count). The Kier molecular flexibility index (Phi) is 3.98. The molecule has 1 radical (unpaired) electrons. The Morgan fingerprint density at radius 2 is 2.07 bits per heavy atom. The summed E-state index contributed by atoms with van der Waals surface area (Å²) in [5, 5.41) is 9.89. The molecule has 4 heteroatoms. The molecule has 0 aromatic rings. The minimum absolute atomic E-state index is 0.591. The van der Waals surface area contributed by atoms with Gasteiger partial charge in [-0.15, -0.1) is 0 Å². The molecule has 1 aliphatic rings. The molecule has 1 aliphatic heterocycles. The maximum atomic E-state index is 9.89. The Morgan fingerprint density at radius 1 is 1.40 bits per heavy atom. The van der Waals surface area contributed by atoms with Crippen LogP contribution in [0.1, 0.15) is 34.1 Å². The number of hydrogen-bond acceptors (Lipinski definition) is 3. The molecule has 85 valence electrons. The van der Waals surface area contributed by atoms with E-state index in [1.54, 1.807) is 21.3 Å². The van der Waals surface area contributed by atoms with Crippen molar-refractivity contribution in [1.82, 2.24) is 0 Å². The highest BCUT2D eigenvalue weighted by molar-refractivity contribution is 6.38. The summed E-state index contributed by atoms with van der Waals surface area (Å²) in [6.07, 6.45) is 2.88. The van der Waals surface area contributed by atoms with Gasteiger partial charge in [-0.1, -0.05) is 11.5 Å². The third-order valence-corrected chi connectivity index (χ3v) is 2.98. The smallest absolute Gasteiger partial charge is 0.326 e. The van der Waals surface area contributed by atoms with Crippen LogP contribution in [-0.2, 0) is 9.39 Å². The maximum Gasteiger partial charge on any atom is 0.326 e. The van der Waals surface area contributed by atoms with E-state index >= 15 is 0 Å². The first-order valence-electron chi connectivity index (χ1n) is 5.33. The summed E-state index contributed by atoms with van der Waals surface area (Å²) in [7, 11) is 1.74. The average Bonchev–Trinajstić information content (AvgIpc) is 2.15. The predicted octanol–water partition coefficient (Wildman–Crippen LogP) is 1.48. The molecule has 1 N–H and O–H groups in total. The van der Waals surface area contributed by atoms with E-state index in [2.05, 4.69) is 0 Å². The molecular weight excluding hydrogens is 191 g/mol. The van der Waals surface area contributed by atoms with E-state index < -0.39 is 11.2 Å². The average molecular weight is 211 g/mol. The third kappa shape index (κ3) is 3.63. The van der Waals surface area contributed by atoms with Crippen molar-refractivity contribution in [3.8, 4) is 0 Å². The van der Waals surface area contributed by atoms with Crippen LogP contribution < -0.4 is 0 Å². The molecule has 0 atom stereocenters. The molecule has 0 amide bonds. The van der Waals surface area contributed by atoms with Crippen molar-refractivity contribution in [1.29, 1.82) is 0 Å². The monoisotopic (exact) mass is 211 g/mol. The lowest BCUT2D eigenvalue weighted by Crippen LogP contribution is -2.48. The molecule has 15 heavy (non-hydrogen) atoms. The van der Waals surface area contributed by atoms with Gasteiger partial charge in [-0.05, 0) is 34.1 Å². The summed E-state index contributed by atoms with van der Waals surface area (Å²) < 4.78 is 10.8. The highest BCUT2D eigenvalue weighted by atomic mass is 16.5. The van der Waals surface area contributed by atoms with Gasteiger partial charge in [0.25, 0.3) is 0 Å². The zero-order chi connectivity index (χ0) is 11.5. The van der Waals surface area contributed by atoms with Crippen LogP contribution in [0.15, 0.2) is 11.5 Å². The van der Waals surface area contributed by atoms with Gasteiger partial charge in [-0.2, -0.15) is 0 Å². The Labute approximate surface area is 92.7 Å². The molecule has 1 heterocycles. The third-order valence-electron chi connectivity index (χ3n) is 2.98. The van der Waals surface area contributed by atoms with E-state index in [4.69, 9.17) is 9.39 Å². The van der Waals surface area contributed by atoms with Crippen molar-refractivity contribution in [3.05, 3.63) is 11.5 Å². The number of ether oxygens (including phenoxy) is 1. The Bertz CT molecular complexity index is 241. The van der Waals surface area contributed by atoms with Gasteiger partial charge < -0.3 is 14.5 Å². The first-order valence-corrected chi connectivity index (χ1v) is 5.33. The molecule has 0 saturated heterocycles. The highest BCUT2D eigenvalue weighted by Gasteiger charge is 2.35. The van der Waals surface area contributed by atoms with Gasteiger partial charge in [-0.3, -0.25) is 0 Å². The SMILES string of the molecule is CC(C)(O)C(C)(C)O[B]C1=CCOCC1. The Balaban J connectivity index is 2.45. The number of rotatable bonds is 4. The zero-order valence-corrected chi connectivity index (χ0v) is 10.0. The van der Waals surface area contributed by atoms with Crippen LogP contribution in [0.25, 0.3) is 0 Å². The van der Waals surface area contributed by atoms with E-state index in [0.717, 1.165) is 18.5 Å². The van der Waals surface area contributed by atoms with Gasteiger partial charge in [0.2, 0.25) is 0 Å². The molecular formula is C11H20BO3. The van der Waals surface area contributed by atoms with Gasteiger partial charge in [0, 0.05) is 6.61 Å². The van der Waals surface area contributed by atoms with Crippen molar-refractivity contribution in [2.24, 2.45) is 0 Å². The van der Waals surface area contributed by atoms with Crippen LogP contribution in [0.3, 0.4) is 0 Å². The standard InChI is InChI=1S/C11H20BO3/c1-10(2,13)11(3,4)15-12-9-5-7-14-8-6-9/h5,13H,6-8H2,1-4H3. The fourth-order valence-corrected chi connectivity index (χ4v) is 1.02. The predicted molar refractivity (Wildman–Crippen MR) is 60.7 cm³/mol. The van der Waals surface area contributed by atoms with E-state index in [1.807, 2.05) is 19.9 Å². The molecule has 0 spiro atoms. The Hall–Kier alpha value is -0.315. The van der Waals surface area contributed by atoms with Crippen LogP contribution in [0.5, 0.6) is 0 Å². The van der Waals surface area contributed by atoms with E-state index in [-0.39, 0.29) is 0 Å². The molecule has 0 aromatic heterocycles. The lowest BCUT2D eigenvalue weighted by Gasteiger charge is -2.38. The summed E-state index contributed by atoms with van der Waals surface area (Å²) in [6.45, 7) is 8.65. The fourth-order valence-electron chi connectivity index (χ4n) is 1.02. The van der Waals surface area contributed by atoms with Gasteiger partial charge in [-0.25, -0.2) is 0 Å². The molecule has 0 aliphatic carbocycles. The summed E-state index contributed by atoms with van der Waals surface area (Å²) in [6, 6.07) is 0. The highest BCUT2D eigenvalue weighted by Crippen LogP contribution is 2.25. The second-order valence-electron chi connectivity index (χ2n) is 4.91. The van der Waals surface area contributed by atoms with Crippen LogP contribution in [0, 0.1) is 0 Å². The fraction of sp³-hybridized carbons (Fsp3) is 0.818. The minimum Gasteiger partial charge on any atom is -0.427 e. The van der Waals surface area contributed by atoms with Crippen LogP contribution >= 0.6 is 0 Å². The summed E-state index contributed by atoms with van der Waals surface area (Å²) >= 11 is 0. The molecule has 3 nitrogen and oxygen atoms in total. The first-order chi connectivity index (χ1) is 6.83. The first kappa shape index (κ1) is 12.8. The lowest BCUT2D eigenvalue weighted by atomic mass is 9.80. The van der Waals surface area contributed by atoms with Crippen molar-refractivity contribution in [3.63, 3.8) is 0 Å². The summed E-state index contributed by atoms with van der Waals surface area (Å²) in [4.78, 5) is 0. The lowest BCUT2D eigenvalue weighted by molar-refractivity contribution is -0.0898. The second kappa shape index (κ2) is 4.68. The van der Waals surface area contributed by atoms with Gasteiger partial charge >= 0.3 is 7.48 Å². The van der Waals surface area contributed by atoms with Crippen LogP contribution in [0.4, 0.5) is 0 Å². The van der Waals surface area contributed by atoms with Crippen molar-refractivity contribution < 1.29 is 14.5 Å². The van der Waals surface area contributed by atoms with Gasteiger partial charge in [0.1, 0.15) is 0 Å². The maximum absolute atomic E-state index is 9.89. The zero-order valence-electron chi connectivity index (χ0n) is 10.0. The van der Waals surface area contributed by atoms with E-state index in [0.29, 0.717) is 6.61 Å².